The number of nitrogens with one attached hydrogen (secondary N) is 2. The van der Waals surface area contributed by atoms with Crippen molar-refractivity contribution in [2.45, 2.75) is 25.4 Å². The molecule has 2 heterocycles. The van der Waals surface area contributed by atoms with Crippen molar-refractivity contribution in [3.8, 4) is 0 Å². The molecule has 0 amide bonds. The minimum absolute atomic E-state index is 0.285. The van der Waals surface area contributed by atoms with Gasteiger partial charge in [0, 0.05) is 19.6 Å². The average molecular weight is 259 g/mol. The third-order valence-electron chi connectivity index (χ3n) is 4.41. The Bertz CT molecular complexity index is 491. The zero-order valence-corrected chi connectivity index (χ0v) is 11.5. The van der Waals surface area contributed by atoms with E-state index in [9.17, 15) is 5.21 Å². The smallest absolute Gasteiger partial charge is 0.138 e. The summed E-state index contributed by atoms with van der Waals surface area (Å²) in [5, 5.41) is 19.9. The molecule has 1 fully saturated rings. The molecule has 0 saturated carbocycles. The maximum Gasteiger partial charge on any atom is 0.138 e. The maximum atomic E-state index is 13.1. The van der Waals surface area contributed by atoms with Gasteiger partial charge in [0.1, 0.15) is 17.4 Å². The van der Waals surface area contributed by atoms with Crippen LogP contribution in [0.5, 0.6) is 0 Å². The van der Waals surface area contributed by atoms with Crippen LogP contribution in [0.2, 0.25) is 0 Å². The van der Waals surface area contributed by atoms with Crippen LogP contribution in [0.4, 0.5) is 5.69 Å². The first-order valence-electron chi connectivity index (χ1n) is 6.88. The first-order valence-corrected chi connectivity index (χ1v) is 6.88. The largest absolute Gasteiger partial charge is 0.622 e. The van der Waals surface area contributed by atoms with Crippen LogP contribution in [-0.4, -0.2) is 31.2 Å². The summed E-state index contributed by atoms with van der Waals surface area (Å²) < 4.78 is -0.360. The molecule has 3 rings (SSSR count). The fourth-order valence-corrected chi connectivity index (χ4v) is 3.08. The van der Waals surface area contributed by atoms with Gasteiger partial charge in [-0.05, 0) is 26.0 Å². The summed E-state index contributed by atoms with van der Waals surface area (Å²) in [6, 6.07) is 9.90. The van der Waals surface area contributed by atoms with Crippen molar-refractivity contribution in [1.82, 2.24) is 15.3 Å². The van der Waals surface area contributed by atoms with Crippen molar-refractivity contribution in [1.29, 1.82) is 0 Å². The van der Waals surface area contributed by atoms with Gasteiger partial charge in [-0.1, -0.05) is 18.2 Å². The number of benzene rings is 1. The van der Waals surface area contributed by atoms with Gasteiger partial charge in [-0.15, -0.1) is 0 Å². The predicted octanol–water partition coefficient (Wildman–Crippen LogP) is 1.73. The second kappa shape index (κ2) is 4.42. The van der Waals surface area contributed by atoms with Crippen molar-refractivity contribution < 1.29 is 0 Å². The molecule has 0 radical (unpaired) electrons. The molecule has 0 bridgehead atoms. The predicted molar refractivity (Wildman–Crippen MR) is 78.4 cm³/mol. The lowest BCUT2D eigenvalue weighted by atomic mass is 9.79. The van der Waals surface area contributed by atoms with Gasteiger partial charge in [-0.2, -0.15) is 0 Å². The van der Waals surface area contributed by atoms with Crippen LogP contribution in [0, 0.1) is 5.21 Å². The number of piperazine rings is 1. The summed E-state index contributed by atoms with van der Waals surface area (Å²) in [7, 11) is 0. The lowest BCUT2D eigenvalue weighted by Crippen LogP contribution is -2.68. The van der Waals surface area contributed by atoms with Crippen LogP contribution < -0.4 is 15.3 Å². The Morgan fingerprint density at radius 2 is 1.95 bits per heavy atom. The Kier molecular flexibility index (Phi) is 2.98. The number of rotatable bonds is 2. The molecule has 0 aliphatic carbocycles. The normalized spacial score (nSPS) is 33.4. The fraction of sp³-hybridized carbons (Fsp3) is 0.467. The molecule has 0 spiro atoms. The molecule has 1 aromatic rings. The van der Waals surface area contributed by atoms with Gasteiger partial charge >= 0.3 is 0 Å². The van der Waals surface area contributed by atoms with E-state index in [1.54, 1.807) is 0 Å². The Hall–Kier alpha value is -1.20. The van der Waals surface area contributed by atoms with Gasteiger partial charge in [0.2, 0.25) is 0 Å². The molecular formula is C15H21N3O. The van der Waals surface area contributed by atoms with Crippen molar-refractivity contribution in [2.24, 2.45) is 0 Å². The molecule has 2 unspecified atom stereocenters. The highest BCUT2D eigenvalue weighted by atomic mass is 16.6. The zero-order chi connectivity index (χ0) is 13.5. The van der Waals surface area contributed by atoms with Crippen LogP contribution in [0.3, 0.4) is 0 Å². The molecule has 4 heteroatoms. The standard InChI is InChI=1S/C15H21N3O/c1-15(2)13(14-10-16-8-9-17-14)11-18(15,19)12-6-4-3-5-7-12/h3-7,11,14,16-17H,8-10H2,1-2H3. The highest BCUT2D eigenvalue weighted by Crippen LogP contribution is 2.46. The zero-order valence-electron chi connectivity index (χ0n) is 11.5. The minimum atomic E-state index is -0.405. The van der Waals surface area contributed by atoms with E-state index in [2.05, 4.69) is 10.6 Å². The molecule has 1 aromatic carbocycles. The van der Waals surface area contributed by atoms with Crippen molar-refractivity contribution in [3.05, 3.63) is 47.3 Å². The highest BCUT2D eigenvalue weighted by molar-refractivity contribution is 5.58. The SMILES string of the molecule is CC1(C)C(C2CNCCN2)=C[N+]1([O-])c1ccccc1. The number of hydroxylamine groups is 2. The number of hydrogen-bond acceptors (Lipinski definition) is 3. The van der Waals surface area contributed by atoms with E-state index in [-0.39, 0.29) is 10.7 Å². The average Bonchev–Trinajstić information content (AvgIpc) is 2.46. The lowest BCUT2D eigenvalue weighted by Gasteiger charge is -2.60. The third kappa shape index (κ3) is 1.83. The first kappa shape index (κ1) is 12.8. The van der Waals surface area contributed by atoms with Crippen LogP contribution in [0.1, 0.15) is 13.8 Å². The Balaban J connectivity index is 1.92. The third-order valence-corrected chi connectivity index (χ3v) is 4.41. The van der Waals surface area contributed by atoms with Crippen molar-refractivity contribution >= 4 is 5.69 Å². The number of nitrogens with zero attached hydrogens (tertiary/aromatic N) is 1. The molecule has 0 aromatic heterocycles. The molecule has 2 atom stereocenters. The van der Waals surface area contributed by atoms with Gasteiger partial charge < -0.3 is 15.8 Å². The lowest BCUT2D eigenvalue weighted by molar-refractivity contribution is 0.216. The van der Waals surface area contributed by atoms with Gasteiger partial charge in [0.05, 0.1) is 11.6 Å². The number of quaternary nitrogens is 1. The molecular weight excluding hydrogens is 238 g/mol. The summed E-state index contributed by atoms with van der Waals surface area (Å²) in [5.41, 5.74) is 1.62. The highest BCUT2D eigenvalue weighted by Gasteiger charge is 2.52. The number of hydrogen-bond donors (Lipinski definition) is 2. The van der Waals surface area contributed by atoms with Crippen LogP contribution in [-0.2, 0) is 0 Å². The van der Waals surface area contributed by atoms with Gasteiger partial charge in [0.15, 0.2) is 0 Å². The minimum Gasteiger partial charge on any atom is -0.622 e. The molecule has 102 valence electrons. The van der Waals surface area contributed by atoms with E-state index in [1.807, 2.05) is 50.4 Å². The maximum absolute atomic E-state index is 13.1. The first-order chi connectivity index (χ1) is 9.06. The van der Waals surface area contributed by atoms with Crippen LogP contribution in [0.25, 0.3) is 0 Å². The summed E-state index contributed by atoms with van der Waals surface area (Å²) in [5.74, 6) is 0. The van der Waals surface area contributed by atoms with Crippen molar-refractivity contribution in [2.75, 3.05) is 19.6 Å². The van der Waals surface area contributed by atoms with Crippen LogP contribution >= 0.6 is 0 Å². The van der Waals surface area contributed by atoms with Gasteiger partial charge in [0.25, 0.3) is 0 Å². The van der Waals surface area contributed by atoms with E-state index in [0.717, 1.165) is 25.3 Å². The molecule has 4 nitrogen and oxygen atoms in total. The van der Waals surface area contributed by atoms with E-state index < -0.39 is 5.54 Å². The van der Waals surface area contributed by atoms with Crippen molar-refractivity contribution in [3.63, 3.8) is 0 Å². The topological polar surface area (TPSA) is 47.1 Å². The Labute approximate surface area is 114 Å². The van der Waals surface area contributed by atoms with Gasteiger partial charge in [-0.3, -0.25) is 4.65 Å². The summed E-state index contributed by atoms with van der Waals surface area (Å²) in [6.45, 7) is 6.95. The molecule has 19 heavy (non-hydrogen) atoms. The monoisotopic (exact) mass is 259 g/mol. The Morgan fingerprint density at radius 3 is 2.53 bits per heavy atom. The fourth-order valence-electron chi connectivity index (χ4n) is 3.08. The van der Waals surface area contributed by atoms with E-state index in [4.69, 9.17) is 0 Å². The van der Waals surface area contributed by atoms with Gasteiger partial charge in [-0.25, -0.2) is 0 Å². The van der Waals surface area contributed by atoms with E-state index in [0.29, 0.717) is 0 Å². The summed E-state index contributed by atoms with van der Waals surface area (Å²) in [6.07, 6.45) is 1.86. The molecule has 2 aliphatic rings. The second-order valence-electron chi connectivity index (χ2n) is 5.85. The van der Waals surface area contributed by atoms with E-state index in [1.165, 1.54) is 5.57 Å². The number of para-hydroxylation sites is 1. The van der Waals surface area contributed by atoms with E-state index >= 15 is 0 Å². The van der Waals surface area contributed by atoms with Crippen LogP contribution in [0.15, 0.2) is 42.1 Å². The summed E-state index contributed by atoms with van der Waals surface area (Å²) >= 11 is 0. The quantitative estimate of drug-likeness (QED) is 0.628. The molecule has 1 saturated heterocycles. The molecule has 2 aliphatic heterocycles. The molecule has 2 N–H and O–H groups in total. The Morgan fingerprint density at radius 1 is 1.21 bits per heavy atom. The summed E-state index contributed by atoms with van der Waals surface area (Å²) in [4.78, 5) is 0. The second-order valence-corrected chi connectivity index (χ2v) is 5.85.